The lowest BCUT2D eigenvalue weighted by atomic mass is 9.81. The van der Waals surface area contributed by atoms with Crippen molar-refractivity contribution in [3.8, 4) is 6.07 Å². The number of nitrogens with one attached hydrogen (secondary N) is 5. The Morgan fingerprint density at radius 3 is 2.86 bits per heavy atom. The highest BCUT2D eigenvalue weighted by Gasteiger charge is 2.57. The summed E-state index contributed by atoms with van der Waals surface area (Å²) >= 11 is 0. The number of urea groups is 1. The Balaban J connectivity index is 1.38. The van der Waals surface area contributed by atoms with Gasteiger partial charge in [0.05, 0.1) is 55.3 Å². The van der Waals surface area contributed by atoms with Crippen LogP contribution < -0.4 is 26.9 Å². The zero-order valence-corrected chi connectivity index (χ0v) is 25.2. The molecule has 0 spiro atoms. The van der Waals surface area contributed by atoms with Crippen molar-refractivity contribution < 1.29 is 18.7 Å². The number of nitriles is 1. The maximum Gasteiger partial charge on any atom is 0.320 e. The van der Waals surface area contributed by atoms with Gasteiger partial charge in [-0.1, -0.05) is 20.4 Å². The molecule has 6 aliphatic rings. The largest absolute Gasteiger partial charge is 0.376 e. The average Bonchev–Trinajstić information content (AvgIpc) is 3.44. The maximum absolute atomic E-state index is 16.3. The number of piperazine rings is 1. The molecule has 0 radical (unpaired) electrons. The van der Waals surface area contributed by atoms with Crippen LogP contribution in [0.5, 0.6) is 0 Å². The predicted octanol–water partition coefficient (Wildman–Crippen LogP) is 0.280. The van der Waals surface area contributed by atoms with Gasteiger partial charge in [-0.15, -0.1) is 5.53 Å². The Hall–Kier alpha value is -2.96. The smallest absolute Gasteiger partial charge is 0.320 e. The molecule has 5 saturated heterocycles. The summed E-state index contributed by atoms with van der Waals surface area (Å²) < 4.78 is 22.9. The predicted molar refractivity (Wildman–Crippen MR) is 156 cm³/mol. The fourth-order valence-electron chi connectivity index (χ4n) is 8.11. The molecule has 0 aromatic heterocycles. The topological polar surface area (TPSA) is 140 Å². The van der Waals surface area contributed by atoms with Crippen LogP contribution in [0.2, 0.25) is 0 Å². The van der Waals surface area contributed by atoms with E-state index in [1.807, 2.05) is 18.0 Å². The lowest BCUT2D eigenvalue weighted by Gasteiger charge is -2.59. The molecule has 236 valence electrons. The summed E-state index contributed by atoms with van der Waals surface area (Å²) in [6.07, 6.45) is 1.76. The van der Waals surface area contributed by atoms with E-state index in [1.54, 1.807) is 9.91 Å². The first kappa shape index (κ1) is 30.1. The van der Waals surface area contributed by atoms with Crippen molar-refractivity contribution in [3.63, 3.8) is 0 Å². The van der Waals surface area contributed by atoms with Crippen LogP contribution in [0.25, 0.3) is 0 Å². The fraction of sp³-hybridized carbons (Fsp3) is 0.759. The molecular weight excluding hydrogens is 555 g/mol. The molecule has 3 amide bonds. The Bertz CT molecular complexity index is 1160. The molecule has 43 heavy (non-hydrogen) atoms. The van der Waals surface area contributed by atoms with Crippen LogP contribution in [0.1, 0.15) is 46.5 Å². The molecule has 5 fully saturated rings. The Morgan fingerprint density at radius 2 is 2.12 bits per heavy atom. The van der Waals surface area contributed by atoms with Gasteiger partial charge in [-0.3, -0.25) is 20.0 Å². The van der Waals surface area contributed by atoms with Crippen LogP contribution >= 0.6 is 0 Å². The van der Waals surface area contributed by atoms with Gasteiger partial charge in [0, 0.05) is 43.7 Å². The van der Waals surface area contributed by atoms with Gasteiger partial charge >= 0.3 is 6.03 Å². The van der Waals surface area contributed by atoms with Gasteiger partial charge in [-0.05, 0) is 38.3 Å². The van der Waals surface area contributed by atoms with Gasteiger partial charge in [0.1, 0.15) is 12.3 Å². The third-order valence-corrected chi connectivity index (χ3v) is 10.1. The molecule has 6 rings (SSSR count). The normalized spacial score (nSPS) is 39.9. The number of alkyl halides is 1. The fourth-order valence-corrected chi connectivity index (χ4v) is 8.11. The Kier molecular flexibility index (Phi) is 8.54. The van der Waals surface area contributed by atoms with Crippen LogP contribution in [0, 0.1) is 23.2 Å². The zero-order chi connectivity index (χ0) is 30.4. The van der Waals surface area contributed by atoms with Crippen molar-refractivity contribution in [2.75, 3.05) is 26.2 Å². The van der Waals surface area contributed by atoms with E-state index in [0.29, 0.717) is 26.1 Å². The van der Waals surface area contributed by atoms with Crippen molar-refractivity contribution >= 4 is 11.9 Å². The van der Waals surface area contributed by atoms with Crippen LogP contribution in [0.3, 0.4) is 0 Å². The summed E-state index contributed by atoms with van der Waals surface area (Å²) in [4.78, 5) is 32.8. The number of halogens is 1. The number of amides is 3. The minimum absolute atomic E-state index is 0.00277. The molecule has 6 aliphatic heterocycles. The van der Waals surface area contributed by atoms with Crippen molar-refractivity contribution in [1.29, 1.82) is 5.26 Å². The SMILES string of the molecule is C=CC(=O)N1CC(C)N(C2NC(=O)N3C4NC(C(F)CC24)N2NNC=C2CCOC2CCNC(C(C)C)C23)CC1CC#N. The molecule has 0 aromatic rings. The Morgan fingerprint density at radius 1 is 1.30 bits per heavy atom. The first-order valence-corrected chi connectivity index (χ1v) is 15.6. The summed E-state index contributed by atoms with van der Waals surface area (Å²) in [6.45, 7) is 12.0. The summed E-state index contributed by atoms with van der Waals surface area (Å²) in [5.41, 5.74) is 6.99. The number of carbonyl (C=O) groups is 2. The van der Waals surface area contributed by atoms with Gasteiger partial charge in [0.2, 0.25) is 5.91 Å². The monoisotopic (exact) mass is 600 g/mol. The number of piperidine rings is 2. The van der Waals surface area contributed by atoms with Crippen molar-refractivity contribution in [1.82, 2.24) is 46.6 Å². The number of fused-ring (bicyclic) bond motifs is 5. The number of hydrogen-bond acceptors (Lipinski definition) is 10. The molecule has 10 atom stereocenters. The van der Waals surface area contributed by atoms with E-state index in [9.17, 15) is 14.9 Å². The van der Waals surface area contributed by atoms with Crippen molar-refractivity contribution in [2.45, 2.75) is 101 Å². The van der Waals surface area contributed by atoms with Crippen LogP contribution in [-0.4, -0.2) is 113 Å². The molecule has 0 aromatic carbocycles. The average molecular weight is 601 g/mol. The maximum atomic E-state index is 16.3. The minimum atomic E-state index is -1.24. The number of carbonyl (C=O) groups excluding carboxylic acids is 2. The van der Waals surface area contributed by atoms with E-state index in [1.165, 1.54) is 6.08 Å². The number of ether oxygens (including phenoxy) is 1. The molecular formula is C29H45FN10O3. The molecule has 2 bridgehead atoms. The van der Waals surface area contributed by atoms with E-state index in [4.69, 9.17) is 4.74 Å². The van der Waals surface area contributed by atoms with Gasteiger partial charge in [0.25, 0.3) is 0 Å². The number of nitrogens with zero attached hydrogens (tertiary/aromatic N) is 5. The van der Waals surface area contributed by atoms with Crippen molar-refractivity contribution in [3.05, 3.63) is 24.6 Å². The van der Waals surface area contributed by atoms with Crippen LogP contribution in [0.4, 0.5) is 9.18 Å². The number of hydrogen-bond donors (Lipinski definition) is 5. The summed E-state index contributed by atoms with van der Waals surface area (Å²) in [5, 5.41) is 21.9. The van der Waals surface area contributed by atoms with Gasteiger partial charge in [-0.2, -0.15) is 5.26 Å². The number of rotatable bonds is 4. The molecule has 5 N–H and O–H groups in total. The van der Waals surface area contributed by atoms with E-state index >= 15 is 4.39 Å². The molecule has 13 nitrogen and oxygen atoms in total. The summed E-state index contributed by atoms with van der Waals surface area (Å²) in [7, 11) is 0. The lowest BCUT2D eigenvalue weighted by molar-refractivity contribution is -0.139. The second-order valence-electron chi connectivity index (χ2n) is 13.0. The minimum Gasteiger partial charge on any atom is -0.376 e. The van der Waals surface area contributed by atoms with E-state index in [0.717, 1.165) is 18.7 Å². The zero-order valence-electron chi connectivity index (χ0n) is 25.2. The van der Waals surface area contributed by atoms with Crippen LogP contribution in [-0.2, 0) is 9.53 Å². The van der Waals surface area contributed by atoms with Crippen molar-refractivity contribution in [2.24, 2.45) is 11.8 Å². The summed E-state index contributed by atoms with van der Waals surface area (Å²) in [5.74, 6) is -0.293. The molecule has 10 unspecified atom stereocenters. The molecule has 0 aliphatic carbocycles. The third kappa shape index (κ3) is 5.35. The van der Waals surface area contributed by atoms with Gasteiger partial charge in [-0.25, -0.2) is 9.18 Å². The van der Waals surface area contributed by atoms with E-state index in [2.05, 4.69) is 58.3 Å². The lowest BCUT2D eigenvalue weighted by Crippen LogP contribution is -2.81. The van der Waals surface area contributed by atoms with Gasteiger partial charge in [0.15, 0.2) is 0 Å². The Labute approximate surface area is 252 Å². The highest BCUT2D eigenvalue weighted by molar-refractivity contribution is 5.87. The highest BCUT2D eigenvalue weighted by Crippen LogP contribution is 2.39. The quantitative estimate of drug-likeness (QED) is 0.286. The van der Waals surface area contributed by atoms with Gasteiger partial charge < -0.3 is 30.6 Å². The second kappa shape index (κ2) is 12.2. The first-order chi connectivity index (χ1) is 20.7. The number of hydrazine groups is 2. The first-order valence-electron chi connectivity index (χ1n) is 15.6. The summed E-state index contributed by atoms with van der Waals surface area (Å²) in [6, 6.07) is 1.23. The molecule has 14 heteroatoms. The third-order valence-electron chi connectivity index (χ3n) is 10.1. The standard InChI is InChI=1S/C29H45FN10O3/c1-5-23(41)38-14-17(4)37(15-19(38)6-9-31)26-20-12-21(30)28-34-27(20)39(29(42)35-26)25-22(7-10-32-24(25)16(2)3)43-11-8-18-13-33-36-40(18)28/h5,13,16-17,19-22,24-28,32-34,36H,1,6-8,10-12,14-15H2,2-4H3,(H,35,42). The van der Waals surface area contributed by atoms with E-state index in [-0.39, 0.29) is 66.9 Å². The highest BCUT2D eigenvalue weighted by atomic mass is 19.1. The van der Waals surface area contributed by atoms with Crippen LogP contribution in [0.15, 0.2) is 24.6 Å². The molecule has 6 heterocycles. The van der Waals surface area contributed by atoms with E-state index < -0.39 is 24.7 Å². The molecule has 0 saturated carbocycles. The second-order valence-corrected chi connectivity index (χ2v) is 13.0.